The largest absolute Gasteiger partial charge is 0.394 e. The van der Waals surface area contributed by atoms with Crippen LogP contribution < -0.4 is 0 Å². The molecule has 0 aliphatic carbocycles. The lowest BCUT2D eigenvalue weighted by atomic mass is 9.95. The van der Waals surface area contributed by atoms with Crippen LogP contribution in [0.4, 0.5) is 0 Å². The summed E-state index contributed by atoms with van der Waals surface area (Å²) in [7, 11) is 1.94. The molecule has 0 aromatic heterocycles. The number of aliphatic hydroxyl groups is 16. The van der Waals surface area contributed by atoms with Crippen molar-refractivity contribution in [2.75, 3.05) is 37.9 Å². The van der Waals surface area contributed by atoms with Crippen LogP contribution in [-0.4, -0.2) is 304 Å². The van der Waals surface area contributed by atoms with Crippen LogP contribution in [0.15, 0.2) is 0 Å². The predicted octanol–water partition coefficient (Wildman–Crippen LogP) is -10.6. The second kappa shape index (κ2) is 21.7. The fourth-order valence-corrected chi connectivity index (χ4v) is 11.5. The molecule has 13 saturated heterocycles. The van der Waals surface area contributed by atoms with Crippen molar-refractivity contribution in [3.05, 3.63) is 0 Å². The molecular weight excluding hydrogens is 945 g/mol. The monoisotopic (exact) mass is 1000 g/mol. The maximum atomic E-state index is 11.6. The molecule has 382 valence electrons. The molecule has 30 heteroatoms. The molecule has 28 nitrogen and oxygen atoms in total. The van der Waals surface area contributed by atoms with Crippen LogP contribution in [0.2, 0.25) is 0 Å². The second-order valence-corrected chi connectivity index (χ2v) is 19.6. The molecule has 0 spiro atoms. The SMILES string of the molecule is OC[C@H]1O[C@@H]2O[C@H]3C(O)[C@@H](O)[C@H](O[C@@H]3CO)O[C@H]3C(O)[C@@H](O)[C@@H]4O[C@H]5[C@H](O)[C@@H](O)[C@@H](O[C@H]6[C@H](O)[C@@H](O)[C@@H](O[C@H]7[C@H](O)[C@@H](O)[C@H](O[C@H]1[C@H](O)[C@H]2O)O[C@H]7CSSC[C@@H]3O4)O[C@@H]6CO)O[C@@H]5CO. The summed E-state index contributed by atoms with van der Waals surface area (Å²) < 4.78 is 70.5. The molecule has 13 heterocycles. The van der Waals surface area contributed by atoms with Crippen LogP contribution in [0.5, 0.6) is 0 Å². The number of fused-ring (bicyclic) bond motifs is 2. The first-order valence-electron chi connectivity index (χ1n) is 21.2. The molecule has 16 N–H and O–H groups in total. The highest BCUT2D eigenvalue weighted by Crippen LogP contribution is 2.40. The van der Waals surface area contributed by atoms with Crippen LogP contribution in [0, 0.1) is 0 Å². The third-order valence-electron chi connectivity index (χ3n) is 12.9. The summed E-state index contributed by atoms with van der Waals surface area (Å²) in [5, 5.41) is 178. The summed E-state index contributed by atoms with van der Waals surface area (Å²) in [4.78, 5) is 0. The van der Waals surface area contributed by atoms with Gasteiger partial charge in [-0.25, -0.2) is 0 Å². The van der Waals surface area contributed by atoms with Crippen LogP contribution >= 0.6 is 21.6 Å². The van der Waals surface area contributed by atoms with Crippen molar-refractivity contribution in [3.8, 4) is 0 Å². The van der Waals surface area contributed by atoms with Gasteiger partial charge >= 0.3 is 0 Å². The average molecular weight is 1000 g/mol. The Hall–Kier alpha value is -0.420. The van der Waals surface area contributed by atoms with Gasteiger partial charge in [-0.2, -0.15) is 0 Å². The fourth-order valence-electron chi connectivity index (χ4n) is 9.13. The third-order valence-corrected chi connectivity index (χ3v) is 15.3. The van der Waals surface area contributed by atoms with Crippen LogP contribution in [0.25, 0.3) is 0 Å². The molecule has 30 atom stereocenters. The summed E-state index contributed by atoms with van der Waals surface area (Å²) in [5.41, 5.74) is 0. The van der Waals surface area contributed by atoms with Gasteiger partial charge in [0.2, 0.25) is 0 Å². The van der Waals surface area contributed by atoms with E-state index in [-0.39, 0.29) is 11.5 Å². The highest BCUT2D eigenvalue weighted by molar-refractivity contribution is 8.76. The minimum atomic E-state index is -2.08. The Bertz CT molecular complexity index is 1450. The lowest BCUT2D eigenvalue weighted by Crippen LogP contribution is -2.69. The lowest BCUT2D eigenvalue weighted by Gasteiger charge is -2.51. The molecule has 0 amide bonds. The highest BCUT2D eigenvalue weighted by Gasteiger charge is 2.59. The first-order chi connectivity index (χ1) is 31.5. The molecule has 13 aliphatic heterocycles. The molecule has 12 bridgehead atoms. The van der Waals surface area contributed by atoms with Gasteiger partial charge in [-0.3, -0.25) is 0 Å². The Morgan fingerprint density at radius 2 is 0.455 bits per heavy atom. The Balaban J connectivity index is 1.18. The Kier molecular flexibility index (Phi) is 17.1. The van der Waals surface area contributed by atoms with E-state index in [2.05, 4.69) is 0 Å². The van der Waals surface area contributed by atoms with Gasteiger partial charge in [0, 0.05) is 11.5 Å². The van der Waals surface area contributed by atoms with E-state index in [1.165, 1.54) is 0 Å². The lowest BCUT2D eigenvalue weighted by molar-refractivity contribution is -0.401. The van der Waals surface area contributed by atoms with Gasteiger partial charge in [0.05, 0.1) is 38.6 Å². The van der Waals surface area contributed by atoms with E-state index in [1.54, 1.807) is 0 Å². The van der Waals surface area contributed by atoms with Gasteiger partial charge < -0.3 is 139 Å². The molecule has 13 fully saturated rings. The molecule has 0 radical (unpaired) electrons. The number of hydrogen-bond donors (Lipinski definition) is 16. The van der Waals surface area contributed by atoms with Gasteiger partial charge in [-0.05, 0) is 0 Å². The van der Waals surface area contributed by atoms with Gasteiger partial charge in [-0.1, -0.05) is 21.6 Å². The highest BCUT2D eigenvalue weighted by atomic mass is 33.1. The zero-order valence-corrected chi connectivity index (χ0v) is 36.1. The van der Waals surface area contributed by atoms with E-state index in [1.807, 2.05) is 0 Å². The van der Waals surface area contributed by atoms with E-state index in [4.69, 9.17) is 56.8 Å². The van der Waals surface area contributed by atoms with Crippen molar-refractivity contribution in [1.82, 2.24) is 0 Å². The van der Waals surface area contributed by atoms with Crippen molar-refractivity contribution >= 4 is 21.6 Å². The summed E-state index contributed by atoms with van der Waals surface area (Å²) in [6.45, 7) is -3.71. The zero-order chi connectivity index (χ0) is 47.5. The Morgan fingerprint density at radius 3 is 0.682 bits per heavy atom. The number of aliphatic hydroxyl groups excluding tert-OH is 16. The Labute approximate surface area is 381 Å². The van der Waals surface area contributed by atoms with Crippen LogP contribution in [0.1, 0.15) is 0 Å². The van der Waals surface area contributed by atoms with Crippen LogP contribution in [-0.2, 0) is 56.8 Å². The van der Waals surface area contributed by atoms with E-state index < -0.39 is 211 Å². The normalized spacial score (nSPS) is 56.4. The van der Waals surface area contributed by atoms with Crippen molar-refractivity contribution in [2.24, 2.45) is 0 Å². The zero-order valence-electron chi connectivity index (χ0n) is 34.4. The Morgan fingerprint density at radius 1 is 0.258 bits per heavy atom. The summed E-state index contributed by atoms with van der Waals surface area (Å²) in [6, 6.07) is 0. The summed E-state index contributed by atoms with van der Waals surface area (Å²) in [6.07, 6.45) is -55.4. The van der Waals surface area contributed by atoms with Crippen molar-refractivity contribution in [2.45, 2.75) is 184 Å². The second-order valence-electron chi connectivity index (χ2n) is 17.0. The van der Waals surface area contributed by atoms with Gasteiger partial charge in [0.15, 0.2) is 37.7 Å². The molecule has 66 heavy (non-hydrogen) atoms. The molecular formula is C36H58O28S2. The maximum absolute atomic E-state index is 11.6. The van der Waals surface area contributed by atoms with E-state index in [9.17, 15) is 81.7 Å². The summed E-state index contributed by atoms with van der Waals surface area (Å²) >= 11 is 0. The fraction of sp³-hybridized carbons (Fsp3) is 1.00. The molecule has 0 aromatic rings. The molecule has 2 unspecified atom stereocenters. The number of hydrogen-bond acceptors (Lipinski definition) is 30. The van der Waals surface area contributed by atoms with E-state index in [0.29, 0.717) is 0 Å². The maximum Gasteiger partial charge on any atom is 0.187 e. The minimum absolute atomic E-state index is 0.228. The van der Waals surface area contributed by atoms with Gasteiger partial charge in [0.25, 0.3) is 0 Å². The summed E-state index contributed by atoms with van der Waals surface area (Å²) in [5.74, 6) is -0.456. The molecule has 13 aliphatic rings. The van der Waals surface area contributed by atoms with E-state index in [0.717, 1.165) is 21.6 Å². The van der Waals surface area contributed by atoms with Crippen LogP contribution in [0.3, 0.4) is 0 Å². The first kappa shape index (κ1) is 51.9. The molecule has 0 saturated carbocycles. The predicted molar refractivity (Wildman–Crippen MR) is 207 cm³/mol. The smallest absolute Gasteiger partial charge is 0.187 e. The quantitative estimate of drug-likeness (QED) is 0.116. The van der Waals surface area contributed by atoms with Crippen molar-refractivity contribution in [3.63, 3.8) is 0 Å². The first-order valence-corrected chi connectivity index (χ1v) is 23.7. The standard InChI is InChI=1S/C36H58O28S2/c37-1-7-25-15(43)21(49)33(55-7)63-29-11-5-65-66-6-12-30(18(46)24(52)36(58-12)61-27-9(3-39)53-31(59-25)19(47)13(27)41)64-34-22(50)16(44)26(8(2-38)56-34)60-32-20(48)14(42)28(10(4-40)54-32)62-35(57-11)23(51)17(29)45/h7-52H,1-6H2/t7-,8-,9-,10-,11+,12+,13-,14-,15-,16?,17-,18?,19-,20-,21-,22-,23-,24-,25-,26-,27-,28-,29-,30-,31-,32-,33-,34-,35+,36+/m1/s1. The number of rotatable bonds is 4. The molecule has 13 rings (SSSR count). The van der Waals surface area contributed by atoms with Crippen molar-refractivity contribution in [1.29, 1.82) is 0 Å². The van der Waals surface area contributed by atoms with Gasteiger partial charge in [0.1, 0.15) is 134 Å². The average Bonchev–Trinajstić information content (AvgIpc) is 3.30. The van der Waals surface area contributed by atoms with Gasteiger partial charge in [-0.15, -0.1) is 0 Å². The van der Waals surface area contributed by atoms with E-state index >= 15 is 0 Å². The molecule has 0 aromatic carbocycles. The minimum Gasteiger partial charge on any atom is -0.394 e. The van der Waals surface area contributed by atoms with Crippen molar-refractivity contribution < 1.29 is 139 Å². The topological polar surface area (TPSA) is 434 Å². The number of ether oxygens (including phenoxy) is 12. The third kappa shape index (κ3) is 9.90.